The maximum atomic E-state index is 12.6. The highest BCUT2D eigenvalue weighted by atomic mass is 32.2. The van der Waals surface area contributed by atoms with E-state index in [4.69, 9.17) is 9.15 Å². The van der Waals surface area contributed by atoms with Crippen molar-refractivity contribution in [2.24, 2.45) is 0 Å². The minimum absolute atomic E-state index is 0.139. The van der Waals surface area contributed by atoms with Gasteiger partial charge in [0.2, 0.25) is 0 Å². The Balaban J connectivity index is 1.69. The van der Waals surface area contributed by atoms with E-state index in [9.17, 15) is 4.79 Å². The van der Waals surface area contributed by atoms with Gasteiger partial charge in [0.1, 0.15) is 11.5 Å². The number of benzene rings is 1. The summed E-state index contributed by atoms with van der Waals surface area (Å²) in [5.41, 5.74) is 2.82. The van der Waals surface area contributed by atoms with E-state index in [1.54, 1.807) is 13.4 Å². The zero-order valence-corrected chi connectivity index (χ0v) is 15.4. The van der Waals surface area contributed by atoms with E-state index in [0.29, 0.717) is 12.3 Å². The van der Waals surface area contributed by atoms with Crippen LogP contribution in [0.1, 0.15) is 27.5 Å². The molecular formula is C20H21NO3S. The first-order valence-corrected chi connectivity index (χ1v) is 9.06. The van der Waals surface area contributed by atoms with Crippen LogP contribution in [0.3, 0.4) is 0 Å². The van der Waals surface area contributed by atoms with Crippen molar-refractivity contribution in [3.63, 3.8) is 0 Å². The monoisotopic (exact) mass is 355 g/mol. The predicted octanol–water partition coefficient (Wildman–Crippen LogP) is 4.73. The second-order valence-electron chi connectivity index (χ2n) is 5.84. The summed E-state index contributed by atoms with van der Waals surface area (Å²) in [4.78, 5) is 13.7. The highest BCUT2D eigenvalue weighted by Crippen LogP contribution is 2.24. The van der Waals surface area contributed by atoms with Crippen molar-refractivity contribution in [3.05, 3.63) is 71.4 Å². The Morgan fingerprint density at radius 1 is 1.20 bits per heavy atom. The van der Waals surface area contributed by atoms with Crippen molar-refractivity contribution < 1.29 is 13.9 Å². The lowest BCUT2D eigenvalue weighted by Gasteiger charge is -2.08. The van der Waals surface area contributed by atoms with Gasteiger partial charge >= 0.3 is 0 Å². The van der Waals surface area contributed by atoms with Crippen LogP contribution in [-0.4, -0.2) is 23.2 Å². The van der Waals surface area contributed by atoms with Crippen LogP contribution in [-0.2, 0) is 6.54 Å². The average molecular weight is 355 g/mol. The maximum absolute atomic E-state index is 12.6. The molecular weight excluding hydrogens is 334 g/mol. The van der Waals surface area contributed by atoms with E-state index in [0.717, 1.165) is 33.4 Å². The van der Waals surface area contributed by atoms with Crippen LogP contribution in [0, 0.1) is 13.8 Å². The third kappa shape index (κ3) is 3.99. The Morgan fingerprint density at radius 2 is 1.96 bits per heavy atom. The van der Waals surface area contributed by atoms with Gasteiger partial charge in [0.15, 0.2) is 5.78 Å². The average Bonchev–Trinajstić information content (AvgIpc) is 3.24. The number of methoxy groups -OCH3 is 1. The minimum atomic E-state index is 0.139. The molecule has 0 amide bonds. The molecule has 5 heteroatoms. The Bertz CT molecular complexity index is 848. The summed E-state index contributed by atoms with van der Waals surface area (Å²) in [7, 11) is 1.64. The first-order valence-electron chi connectivity index (χ1n) is 8.07. The van der Waals surface area contributed by atoms with Crippen molar-refractivity contribution in [2.45, 2.75) is 25.3 Å². The molecule has 0 saturated heterocycles. The van der Waals surface area contributed by atoms with Crippen LogP contribution < -0.4 is 4.74 Å². The van der Waals surface area contributed by atoms with Gasteiger partial charge in [0, 0.05) is 21.8 Å². The zero-order valence-electron chi connectivity index (χ0n) is 14.6. The van der Waals surface area contributed by atoms with Gasteiger partial charge in [-0.15, -0.1) is 11.8 Å². The molecule has 0 radical (unpaired) electrons. The molecule has 2 aromatic heterocycles. The molecule has 3 rings (SSSR count). The fraction of sp³-hybridized carbons (Fsp3) is 0.250. The first kappa shape index (κ1) is 17.4. The van der Waals surface area contributed by atoms with Gasteiger partial charge in [-0.1, -0.05) is 0 Å². The second kappa shape index (κ2) is 7.66. The number of hydrogen-bond acceptors (Lipinski definition) is 4. The number of aromatic nitrogens is 1. The number of nitrogens with zero attached hydrogens (tertiary/aromatic N) is 1. The number of Topliss-reactive ketones (excluding diaryl/α,β-unsaturated/α-hetero) is 1. The molecule has 0 aliphatic rings. The van der Waals surface area contributed by atoms with Gasteiger partial charge in [0.25, 0.3) is 0 Å². The SMILES string of the molecule is COc1ccc(SCC(=O)c2cc(C)n(Cc3ccco3)c2C)cc1. The molecule has 0 atom stereocenters. The van der Waals surface area contributed by atoms with Crippen LogP contribution >= 0.6 is 11.8 Å². The van der Waals surface area contributed by atoms with E-state index in [1.165, 1.54) is 11.8 Å². The fourth-order valence-corrected chi connectivity index (χ4v) is 3.57. The van der Waals surface area contributed by atoms with Crippen molar-refractivity contribution in [1.29, 1.82) is 0 Å². The van der Waals surface area contributed by atoms with Gasteiger partial charge < -0.3 is 13.7 Å². The molecule has 25 heavy (non-hydrogen) atoms. The van der Waals surface area contributed by atoms with Gasteiger partial charge in [0.05, 0.1) is 25.7 Å². The fourth-order valence-electron chi connectivity index (χ4n) is 2.78. The lowest BCUT2D eigenvalue weighted by molar-refractivity contribution is 0.102. The Labute approximate surface area is 151 Å². The lowest BCUT2D eigenvalue weighted by Crippen LogP contribution is -2.07. The highest BCUT2D eigenvalue weighted by molar-refractivity contribution is 8.00. The summed E-state index contributed by atoms with van der Waals surface area (Å²) < 4.78 is 12.7. The van der Waals surface area contributed by atoms with Gasteiger partial charge in [-0.05, 0) is 56.3 Å². The van der Waals surface area contributed by atoms with Crippen LogP contribution in [0.4, 0.5) is 0 Å². The Hall–Kier alpha value is -2.40. The molecule has 0 fully saturated rings. The van der Waals surface area contributed by atoms with Gasteiger partial charge in [-0.3, -0.25) is 4.79 Å². The van der Waals surface area contributed by atoms with Crippen molar-refractivity contribution in [1.82, 2.24) is 4.57 Å². The van der Waals surface area contributed by atoms with Crippen LogP contribution in [0.2, 0.25) is 0 Å². The second-order valence-corrected chi connectivity index (χ2v) is 6.89. The number of furan rings is 1. The number of carbonyl (C=O) groups excluding carboxylic acids is 1. The molecule has 3 aromatic rings. The summed E-state index contributed by atoms with van der Waals surface area (Å²) in [6.45, 7) is 4.65. The molecule has 0 spiro atoms. The number of thioether (sulfide) groups is 1. The number of ether oxygens (including phenoxy) is 1. The molecule has 0 unspecified atom stereocenters. The molecule has 0 saturated carbocycles. The van der Waals surface area contributed by atoms with Crippen LogP contribution in [0.15, 0.2) is 58.0 Å². The normalized spacial score (nSPS) is 10.8. The number of ketones is 1. The molecule has 130 valence electrons. The molecule has 0 aliphatic carbocycles. The summed E-state index contributed by atoms with van der Waals surface area (Å²) in [6.07, 6.45) is 1.67. The van der Waals surface area contributed by atoms with Crippen LogP contribution in [0.25, 0.3) is 0 Å². The molecule has 4 nitrogen and oxygen atoms in total. The largest absolute Gasteiger partial charge is 0.497 e. The topological polar surface area (TPSA) is 44.4 Å². The smallest absolute Gasteiger partial charge is 0.174 e. The maximum Gasteiger partial charge on any atom is 0.174 e. The van der Waals surface area contributed by atoms with Crippen molar-refractivity contribution >= 4 is 17.5 Å². The number of aryl methyl sites for hydroxylation is 1. The molecule has 0 bridgehead atoms. The zero-order chi connectivity index (χ0) is 17.8. The number of rotatable bonds is 7. The van der Waals surface area contributed by atoms with E-state index >= 15 is 0 Å². The third-order valence-electron chi connectivity index (χ3n) is 4.20. The highest BCUT2D eigenvalue weighted by Gasteiger charge is 2.16. The summed E-state index contributed by atoms with van der Waals surface area (Å²) in [6, 6.07) is 13.5. The van der Waals surface area contributed by atoms with Gasteiger partial charge in [-0.2, -0.15) is 0 Å². The quantitative estimate of drug-likeness (QED) is 0.454. The standard InChI is InChI=1S/C20H21NO3S/c1-14-11-19(15(2)21(14)12-17-5-4-10-24-17)20(22)13-25-18-8-6-16(23-3)7-9-18/h4-11H,12-13H2,1-3H3. The molecule has 2 heterocycles. The molecule has 0 N–H and O–H groups in total. The van der Waals surface area contributed by atoms with Crippen LogP contribution in [0.5, 0.6) is 5.75 Å². The van der Waals surface area contributed by atoms with Crippen molar-refractivity contribution in [2.75, 3.05) is 12.9 Å². The van der Waals surface area contributed by atoms with E-state index in [-0.39, 0.29) is 5.78 Å². The summed E-state index contributed by atoms with van der Waals surface area (Å²) in [5.74, 6) is 2.25. The van der Waals surface area contributed by atoms with Crippen molar-refractivity contribution in [3.8, 4) is 5.75 Å². The van der Waals surface area contributed by atoms with E-state index in [2.05, 4.69) is 4.57 Å². The first-order chi connectivity index (χ1) is 12.1. The van der Waals surface area contributed by atoms with E-state index < -0.39 is 0 Å². The third-order valence-corrected chi connectivity index (χ3v) is 5.21. The Kier molecular flexibility index (Phi) is 5.34. The molecule has 1 aromatic carbocycles. The van der Waals surface area contributed by atoms with Gasteiger partial charge in [-0.25, -0.2) is 0 Å². The summed E-state index contributed by atoms with van der Waals surface area (Å²) in [5, 5.41) is 0. The molecule has 0 aliphatic heterocycles. The lowest BCUT2D eigenvalue weighted by atomic mass is 10.2. The number of hydrogen-bond donors (Lipinski definition) is 0. The number of carbonyl (C=O) groups is 1. The predicted molar refractivity (Wildman–Crippen MR) is 99.8 cm³/mol. The minimum Gasteiger partial charge on any atom is -0.497 e. The Morgan fingerprint density at radius 3 is 2.60 bits per heavy atom. The van der Waals surface area contributed by atoms with E-state index in [1.807, 2.05) is 56.3 Å². The summed E-state index contributed by atoms with van der Waals surface area (Å²) >= 11 is 1.54.